The third-order valence-corrected chi connectivity index (χ3v) is 1.89. The van der Waals surface area contributed by atoms with Crippen molar-refractivity contribution in [1.29, 1.82) is 0 Å². The lowest BCUT2D eigenvalue weighted by Crippen LogP contribution is -1.94. The van der Waals surface area contributed by atoms with Gasteiger partial charge in [0.2, 0.25) is 0 Å². The second kappa shape index (κ2) is 5.64. The van der Waals surface area contributed by atoms with E-state index in [4.69, 9.17) is 4.74 Å². The predicted molar refractivity (Wildman–Crippen MR) is 60.4 cm³/mol. The highest BCUT2D eigenvalue weighted by atomic mass is 16.6. The number of methoxy groups -OCH3 is 1. The summed E-state index contributed by atoms with van der Waals surface area (Å²) in [4.78, 5) is 20.6. The van der Waals surface area contributed by atoms with Crippen LogP contribution >= 0.6 is 0 Å². The SMILES string of the molecule is COc1cc(/C=C/OC(C)=O)ccc1[N+](=O)[O-]. The highest BCUT2D eigenvalue weighted by Gasteiger charge is 2.13. The van der Waals surface area contributed by atoms with Crippen LogP contribution in [0.25, 0.3) is 6.08 Å². The topological polar surface area (TPSA) is 78.7 Å². The van der Waals surface area contributed by atoms with Crippen LogP contribution in [0.4, 0.5) is 5.69 Å². The molecule has 0 fully saturated rings. The first-order valence-corrected chi connectivity index (χ1v) is 4.71. The Morgan fingerprint density at radius 3 is 2.71 bits per heavy atom. The molecule has 1 aromatic carbocycles. The number of nitro groups is 1. The molecule has 1 aromatic rings. The first kappa shape index (κ1) is 12.7. The number of hydrogen-bond acceptors (Lipinski definition) is 5. The zero-order chi connectivity index (χ0) is 12.8. The van der Waals surface area contributed by atoms with Crippen molar-refractivity contribution in [2.45, 2.75) is 6.92 Å². The molecule has 17 heavy (non-hydrogen) atoms. The van der Waals surface area contributed by atoms with E-state index in [1.54, 1.807) is 0 Å². The molecule has 0 radical (unpaired) electrons. The van der Waals surface area contributed by atoms with Crippen molar-refractivity contribution in [2.24, 2.45) is 0 Å². The Morgan fingerprint density at radius 2 is 2.18 bits per heavy atom. The lowest BCUT2D eigenvalue weighted by molar-refractivity contribution is -0.385. The first-order chi connectivity index (χ1) is 8.04. The van der Waals surface area contributed by atoms with Crippen molar-refractivity contribution < 1.29 is 19.2 Å². The van der Waals surface area contributed by atoms with Gasteiger partial charge in [-0.25, -0.2) is 0 Å². The molecule has 0 bridgehead atoms. The molecule has 6 nitrogen and oxygen atoms in total. The number of ether oxygens (including phenoxy) is 2. The third kappa shape index (κ3) is 3.60. The molecule has 0 amide bonds. The zero-order valence-corrected chi connectivity index (χ0v) is 9.38. The van der Waals surface area contributed by atoms with Crippen LogP contribution in [0, 0.1) is 10.1 Å². The van der Waals surface area contributed by atoms with Crippen molar-refractivity contribution in [1.82, 2.24) is 0 Å². The number of carbonyl (C=O) groups excluding carboxylic acids is 1. The quantitative estimate of drug-likeness (QED) is 0.347. The minimum absolute atomic E-state index is 0.114. The van der Waals surface area contributed by atoms with Gasteiger partial charge in [0.25, 0.3) is 0 Å². The molecule has 0 atom stereocenters. The van der Waals surface area contributed by atoms with Crippen LogP contribution in [-0.2, 0) is 9.53 Å². The lowest BCUT2D eigenvalue weighted by atomic mass is 10.2. The summed E-state index contributed by atoms with van der Waals surface area (Å²) < 4.78 is 9.49. The summed E-state index contributed by atoms with van der Waals surface area (Å²) in [5, 5.41) is 10.6. The Kier molecular flexibility index (Phi) is 4.21. The van der Waals surface area contributed by atoms with Crippen LogP contribution in [0.3, 0.4) is 0 Å². The van der Waals surface area contributed by atoms with Crippen LogP contribution in [0.1, 0.15) is 12.5 Å². The zero-order valence-electron chi connectivity index (χ0n) is 9.38. The van der Waals surface area contributed by atoms with E-state index in [0.29, 0.717) is 5.56 Å². The molecule has 0 saturated heterocycles. The lowest BCUT2D eigenvalue weighted by Gasteiger charge is -2.02. The van der Waals surface area contributed by atoms with Crippen LogP contribution in [0.15, 0.2) is 24.5 Å². The van der Waals surface area contributed by atoms with Gasteiger partial charge in [-0.3, -0.25) is 14.9 Å². The van der Waals surface area contributed by atoms with Crippen LogP contribution < -0.4 is 4.74 Å². The fraction of sp³-hybridized carbons (Fsp3) is 0.182. The molecule has 1 rings (SSSR count). The monoisotopic (exact) mass is 237 g/mol. The van der Waals surface area contributed by atoms with Gasteiger partial charge < -0.3 is 9.47 Å². The molecular weight excluding hydrogens is 226 g/mol. The number of nitrogens with zero attached hydrogens (tertiary/aromatic N) is 1. The number of rotatable bonds is 4. The Labute approximate surface area is 97.6 Å². The van der Waals surface area contributed by atoms with Gasteiger partial charge in [0.15, 0.2) is 5.75 Å². The second-order valence-corrected chi connectivity index (χ2v) is 3.10. The predicted octanol–water partition coefficient (Wildman–Crippen LogP) is 2.14. The molecule has 0 aliphatic rings. The molecule has 6 heteroatoms. The van der Waals surface area contributed by atoms with Crippen LogP contribution in [0.2, 0.25) is 0 Å². The highest BCUT2D eigenvalue weighted by Crippen LogP contribution is 2.27. The summed E-state index contributed by atoms with van der Waals surface area (Å²) in [6.07, 6.45) is 2.72. The van der Waals surface area contributed by atoms with Crippen molar-refractivity contribution in [3.05, 3.63) is 40.1 Å². The van der Waals surface area contributed by atoms with E-state index < -0.39 is 10.9 Å². The van der Waals surface area contributed by atoms with Gasteiger partial charge in [-0.2, -0.15) is 0 Å². The van der Waals surface area contributed by atoms with Gasteiger partial charge in [0, 0.05) is 13.0 Å². The molecule has 90 valence electrons. The van der Waals surface area contributed by atoms with E-state index in [9.17, 15) is 14.9 Å². The Bertz CT molecular complexity index is 467. The smallest absolute Gasteiger partial charge is 0.310 e. The highest BCUT2D eigenvalue weighted by molar-refractivity contribution is 5.67. The first-order valence-electron chi connectivity index (χ1n) is 4.71. The largest absolute Gasteiger partial charge is 0.490 e. The van der Waals surface area contributed by atoms with E-state index in [-0.39, 0.29) is 11.4 Å². The van der Waals surface area contributed by atoms with E-state index in [2.05, 4.69) is 4.74 Å². The minimum atomic E-state index is -0.529. The maximum absolute atomic E-state index is 10.6. The van der Waals surface area contributed by atoms with Gasteiger partial charge >= 0.3 is 11.7 Å². The molecule has 0 spiro atoms. The van der Waals surface area contributed by atoms with Crippen LogP contribution in [-0.4, -0.2) is 18.0 Å². The van der Waals surface area contributed by atoms with Gasteiger partial charge in [0.05, 0.1) is 18.3 Å². The number of nitro benzene ring substituents is 1. The number of carbonyl (C=O) groups is 1. The second-order valence-electron chi connectivity index (χ2n) is 3.10. The molecule has 0 heterocycles. The number of benzene rings is 1. The summed E-state index contributed by atoms with van der Waals surface area (Å²) in [5.41, 5.74) is 0.519. The summed E-state index contributed by atoms with van der Waals surface area (Å²) in [7, 11) is 1.35. The summed E-state index contributed by atoms with van der Waals surface area (Å²) in [5.74, 6) is -0.282. The van der Waals surface area contributed by atoms with Crippen molar-refractivity contribution in [2.75, 3.05) is 7.11 Å². The average molecular weight is 237 g/mol. The standard InChI is InChI=1S/C11H11NO5/c1-8(13)17-6-5-9-3-4-10(12(14)15)11(7-9)16-2/h3-7H,1-2H3/b6-5+. The van der Waals surface area contributed by atoms with Gasteiger partial charge in [-0.15, -0.1) is 0 Å². The van der Waals surface area contributed by atoms with Crippen molar-refractivity contribution in [3.63, 3.8) is 0 Å². The van der Waals surface area contributed by atoms with Crippen LogP contribution in [0.5, 0.6) is 5.75 Å². The molecule has 0 unspecified atom stereocenters. The van der Waals surface area contributed by atoms with Gasteiger partial charge in [-0.05, 0) is 23.8 Å². The Hall–Kier alpha value is -2.37. The molecule has 0 N–H and O–H groups in total. The fourth-order valence-corrected chi connectivity index (χ4v) is 1.16. The molecule has 0 aromatic heterocycles. The molecule has 0 aliphatic heterocycles. The maximum atomic E-state index is 10.6. The Balaban J connectivity index is 2.93. The number of hydrogen-bond donors (Lipinski definition) is 0. The van der Waals surface area contributed by atoms with Crippen molar-refractivity contribution in [3.8, 4) is 5.75 Å². The summed E-state index contributed by atoms with van der Waals surface area (Å²) >= 11 is 0. The van der Waals surface area contributed by atoms with E-state index in [0.717, 1.165) is 0 Å². The average Bonchev–Trinajstić information content (AvgIpc) is 2.28. The normalized spacial score (nSPS) is 10.2. The van der Waals surface area contributed by atoms with Crippen molar-refractivity contribution >= 4 is 17.7 Å². The molecule has 0 saturated carbocycles. The van der Waals surface area contributed by atoms with E-state index in [1.165, 1.54) is 44.6 Å². The van der Waals surface area contributed by atoms with Gasteiger partial charge in [0.1, 0.15) is 0 Å². The molecule has 0 aliphatic carbocycles. The fourth-order valence-electron chi connectivity index (χ4n) is 1.16. The van der Waals surface area contributed by atoms with E-state index in [1.807, 2.05) is 0 Å². The number of esters is 1. The third-order valence-electron chi connectivity index (χ3n) is 1.89. The maximum Gasteiger partial charge on any atom is 0.310 e. The minimum Gasteiger partial charge on any atom is -0.490 e. The van der Waals surface area contributed by atoms with Gasteiger partial charge in [-0.1, -0.05) is 0 Å². The summed E-state index contributed by atoms with van der Waals surface area (Å²) in [6.45, 7) is 1.28. The van der Waals surface area contributed by atoms with E-state index >= 15 is 0 Å². The summed E-state index contributed by atoms with van der Waals surface area (Å²) in [6, 6.07) is 4.34. The Morgan fingerprint density at radius 1 is 1.47 bits per heavy atom. The molecular formula is C11H11NO5.